The van der Waals surface area contributed by atoms with Crippen LogP contribution in [0.25, 0.3) is 0 Å². The van der Waals surface area contributed by atoms with Gasteiger partial charge in [0, 0.05) is 17.6 Å². The summed E-state index contributed by atoms with van der Waals surface area (Å²) in [6, 6.07) is 19.0. The molecule has 2 aromatic carbocycles. The van der Waals surface area contributed by atoms with Gasteiger partial charge in [0.05, 0.1) is 5.60 Å². The van der Waals surface area contributed by atoms with Crippen molar-refractivity contribution >= 4 is 15.9 Å². The van der Waals surface area contributed by atoms with Crippen LogP contribution < -0.4 is 0 Å². The molecular weight excluding hydrogens is 326 g/mol. The molecule has 2 aromatic rings. The summed E-state index contributed by atoms with van der Waals surface area (Å²) in [7, 11) is 0. The Bertz CT molecular complexity index is 591. The van der Waals surface area contributed by atoms with Crippen molar-refractivity contribution in [3.05, 3.63) is 70.2 Å². The summed E-state index contributed by atoms with van der Waals surface area (Å²) in [5.41, 5.74) is 2.43. The number of hydrogen-bond acceptors (Lipinski definition) is 2. The van der Waals surface area contributed by atoms with E-state index in [1.807, 2.05) is 0 Å². The van der Waals surface area contributed by atoms with Crippen molar-refractivity contribution in [2.45, 2.75) is 25.5 Å². The Balaban J connectivity index is 1.63. The quantitative estimate of drug-likeness (QED) is 0.809. The number of ether oxygens (including phenoxy) is 1. The second-order valence-corrected chi connectivity index (χ2v) is 6.72. The highest BCUT2D eigenvalue weighted by Gasteiger charge is 2.32. The number of rotatable bonds is 3. The van der Waals surface area contributed by atoms with E-state index in [9.17, 15) is 0 Å². The lowest BCUT2D eigenvalue weighted by Gasteiger charge is -2.40. The van der Waals surface area contributed by atoms with Crippen LogP contribution in [0, 0.1) is 0 Å². The molecule has 0 spiro atoms. The van der Waals surface area contributed by atoms with E-state index >= 15 is 0 Å². The van der Waals surface area contributed by atoms with Gasteiger partial charge in [0.15, 0.2) is 0 Å². The molecule has 0 amide bonds. The highest BCUT2D eigenvalue weighted by atomic mass is 79.9. The van der Waals surface area contributed by atoms with E-state index in [1.165, 1.54) is 11.1 Å². The van der Waals surface area contributed by atoms with Crippen LogP contribution in [-0.4, -0.2) is 18.2 Å². The Morgan fingerprint density at radius 1 is 1.14 bits per heavy atom. The molecule has 0 N–H and O–H groups in total. The Hall–Kier alpha value is -1.16. The third-order valence-electron chi connectivity index (χ3n) is 4.15. The minimum absolute atomic E-state index is 0.158. The van der Waals surface area contributed by atoms with Gasteiger partial charge >= 0.3 is 0 Å². The van der Waals surface area contributed by atoms with Crippen LogP contribution >= 0.6 is 15.9 Å². The summed E-state index contributed by atoms with van der Waals surface area (Å²) in [4.78, 5) is 2.35. The maximum Gasteiger partial charge on any atom is 0.100 e. The summed E-state index contributed by atoms with van der Waals surface area (Å²) in [5, 5.41) is 0. The summed E-state index contributed by atoms with van der Waals surface area (Å²) < 4.78 is 7.31. The van der Waals surface area contributed by atoms with E-state index in [0.717, 1.165) is 24.0 Å². The molecule has 3 heteroatoms. The zero-order valence-corrected chi connectivity index (χ0v) is 13.8. The SMILES string of the molecule is CC1(c2ccccc2)CCN(Cc2cccc(Br)c2)CO1. The molecule has 0 bridgehead atoms. The van der Waals surface area contributed by atoms with Crippen molar-refractivity contribution in [1.29, 1.82) is 0 Å². The van der Waals surface area contributed by atoms with Crippen LogP contribution in [0.1, 0.15) is 24.5 Å². The fourth-order valence-corrected chi connectivity index (χ4v) is 3.23. The first-order valence-corrected chi connectivity index (χ1v) is 8.11. The summed E-state index contributed by atoms with van der Waals surface area (Å²) in [6.07, 6.45) is 1.02. The molecule has 21 heavy (non-hydrogen) atoms. The van der Waals surface area contributed by atoms with Crippen LogP contribution in [0.3, 0.4) is 0 Å². The van der Waals surface area contributed by atoms with Gasteiger partial charge in [-0.05, 0) is 36.6 Å². The first-order chi connectivity index (χ1) is 10.2. The predicted molar refractivity (Wildman–Crippen MR) is 88.9 cm³/mol. The number of hydrogen-bond donors (Lipinski definition) is 0. The van der Waals surface area contributed by atoms with Crippen molar-refractivity contribution in [3.63, 3.8) is 0 Å². The second kappa shape index (κ2) is 6.30. The predicted octanol–water partition coefficient (Wildman–Crippen LogP) is 4.54. The summed E-state index contributed by atoms with van der Waals surface area (Å²) in [5.74, 6) is 0. The van der Waals surface area contributed by atoms with E-state index in [1.54, 1.807) is 0 Å². The largest absolute Gasteiger partial charge is 0.355 e. The van der Waals surface area contributed by atoms with Gasteiger partial charge in [-0.1, -0.05) is 58.4 Å². The van der Waals surface area contributed by atoms with Crippen molar-refractivity contribution in [2.75, 3.05) is 13.3 Å². The second-order valence-electron chi connectivity index (χ2n) is 5.80. The van der Waals surface area contributed by atoms with Gasteiger partial charge in [0.1, 0.15) is 6.73 Å². The van der Waals surface area contributed by atoms with Gasteiger partial charge in [-0.2, -0.15) is 0 Å². The van der Waals surface area contributed by atoms with Crippen molar-refractivity contribution < 1.29 is 4.74 Å². The molecule has 0 radical (unpaired) electrons. The monoisotopic (exact) mass is 345 g/mol. The normalized spacial score (nSPS) is 23.1. The first kappa shape index (κ1) is 14.8. The molecule has 1 saturated heterocycles. The van der Waals surface area contributed by atoms with Crippen LogP contribution in [0.4, 0.5) is 0 Å². The zero-order valence-electron chi connectivity index (χ0n) is 12.3. The van der Waals surface area contributed by atoms with E-state index in [0.29, 0.717) is 6.73 Å². The van der Waals surface area contributed by atoms with E-state index in [4.69, 9.17) is 4.74 Å². The van der Waals surface area contributed by atoms with Crippen molar-refractivity contribution in [2.24, 2.45) is 0 Å². The summed E-state index contributed by atoms with van der Waals surface area (Å²) >= 11 is 3.53. The minimum atomic E-state index is -0.158. The Labute approximate surface area is 134 Å². The average molecular weight is 346 g/mol. The molecule has 1 fully saturated rings. The highest BCUT2D eigenvalue weighted by Crippen LogP contribution is 2.32. The van der Waals surface area contributed by atoms with Crippen LogP contribution in [0.2, 0.25) is 0 Å². The first-order valence-electron chi connectivity index (χ1n) is 7.32. The fourth-order valence-electron chi connectivity index (χ4n) is 2.78. The molecule has 0 saturated carbocycles. The Morgan fingerprint density at radius 3 is 2.62 bits per heavy atom. The molecule has 1 heterocycles. The molecule has 2 nitrogen and oxygen atoms in total. The van der Waals surface area contributed by atoms with Crippen molar-refractivity contribution in [1.82, 2.24) is 4.90 Å². The number of benzene rings is 2. The van der Waals surface area contributed by atoms with Crippen LogP contribution in [0.15, 0.2) is 59.1 Å². The van der Waals surface area contributed by atoms with Crippen molar-refractivity contribution in [3.8, 4) is 0 Å². The topological polar surface area (TPSA) is 12.5 Å². The third-order valence-corrected chi connectivity index (χ3v) is 4.64. The standard InChI is InChI=1S/C18H20BrNO/c1-18(16-7-3-2-4-8-16)10-11-20(14-21-18)13-15-6-5-9-17(19)12-15/h2-9,12H,10-11,13-14H2,1H3. The lowest BCUT2D eigenvalue weighted by molar-refractivity contribution is -0.136. The molecular formula is C18H20BrNO. The molecule has 1 unspecified atom stereocenters. The van der Waals surface area contributed by atoms with Gasteiger partial charge in [0.2, 0.25) is 0 Å². The molecule has 1 atom stereocenters. The van der Waals surface area contributed by atoms with Gasteiger partial charge in [0.25, 0.3) is 0 Å². The van der Waals surface area contributed by atoms with E-state index in [-0.39, 0.29) is 5.60 Å². The summed E-state index contributed by atoms with van der Waals surface area (Å²) in [6.45, 7) is 4.86. The number of nitrogens with zero attached hydrogens (tertiary/aromatic N) is 1. The van der Waals surface area contributed by atoms with Gasteiger partial charge in [-0.3, -0.25) is 4.90 Å². The molecule has 0 aliphatic carbocycles. The highest BCUT2D eigenvalue weighted by molar-refractivity contribution is 9.10. The average Bonchev–Trinajstić information content (AvgIpc) is 2.51. The van der Waals surface area contributed by atoms with Gasteiger partial charge < -0.3 is 4.74 Å². The smallest absolute Gasteiger partial charge is 0.100 e. The Morgan fingerprint density at radius 2 is 1.95 bits per heavy atom. The maximum atomic E-state index is 6.18. The lowest BCUT2D eigenvalue weighted by Crippen LogP contribution is -2.42. The lowest BCUT2D eigenvalue weighted by atomic mass is 9.91. The number of halogens is 1. The minimum Gasteiger partial charge on any atom is -0.355 e. The van der Waals surface area contributed by atoms with Crippen LogP contribution in [-0.2, 0) is 16.9 Å². The fraction of sp³-hybridized carbons (Fsp3) is 0.333. The van der Waals surface area contributed by atoms with Gasteiger partial charge in [-0.15, -0.1) is 0 Å². The molecule has 110 valence electrons. The Kier molecular flexibility index (Phi) is 4.43. The third kappa shape index (κ3) is 3.54. The van der Waals surface area contributed by atoms with E-state index < -0.39 is 0 Å². The van der Waals surface area contributed by atoms with E-state index in [2.05, 4.69) is 82.4 Å². The zero-order chi connectivity index (χ0) is 14.7. The van der Waals surface area contributed by atoms with Gasteiger partial charge in [-0.25, -0.2) is 0 Å². The maximum absolute atomic E-state index is 6.18. The molecule has 0 aromatic heterocycles. The van der Waals surface area contributed by atoms with Crippen LogP contribution in [0.5, 0.6) is 0 Å². The molecule has 3 rings (SSSR count). The molecule has 1 aliphatic rings. The molecule has 1 aliphatic heterocycles.